The minimum absolute atomic E-state index is 0.231. The van der Waals surface area contributed by atoms with Gasteiger partial charge >= 0.3 is 0 Å². The smallest absolute Gasteiger partial charge is 0.193 e. The van der Waals surface area contributed by atoms with E-state index in [2.05, 4.69) is 31.0 Å². The number of nitrogens with zero attached hydrogens (tertiary/aromatic N) is 2. The lowest BCUT2D eigenvalue weighted by Gasteiger charge is -2.27. The largest absolute Gasteiger partial charge is 0.490 e. The van der Waals surface area contributed by atoms with Crippen molar-refractivity contribution in [3.63, 3.8) is 0 Å². The highest BCUT2D eigenvalue weighted by Crippen LogP contribution is 2.24. The molecule has 0 amide bonds. The molecular weight excluding hydrogens is 315 g/mol. The highest BCUT2D eigenvalue weighted by molar-refractivity contribution is 6.73. The highest BCUT2D eigenvalue weighted by Gasteiger charge is 2.28. The van der Waals surface area contributed by atoms with Gasteiger partial charge in [-0.25, -0.2) is 0 Å². The molecule has 0 saturated carbocycles. The van der Waals surface area contributed by atoms with Crippen LogP contribution in [0.25, 0.3) is 0 Å². The molecule has 0 N–H and O–H groups in total. The summed E-state index contributed by atoms with van der Waals surface area (Å²) in [7, 11) is -1.49. The summed E-state index contributed by atoms with van der Waals surface area (Å²) in [6.07, 6.45) is 0.824. The Morgan fingerprint density at radius 3 is 2.30 bits per heavy atom. The minimum atomic E-state index is -1.49. The lowest BCUT2D eigenvalue weighted by Crippen LogP contribution is -2.36. The summed E-state index contributed by atoms with van der Waals surface area (Å²) in [5.41, 5.74) is 0. The number of ether oxygens (including phenoxy) is 1. The molecule has 0 fully saturated rings. The van der Waals surface area contributed by atoms with Crippen LogP contribution in [-0.4, -0.2) is 31.7 Å². The Kier molecular flexibility index (Phi) is 7.80. The van der Waals surface area contributed by atoms with Gasteiger partial charge in [0.25, 0.3) is 0 Å². The van der Waals surface area contributed by atoms with Crippen molar-refractivity contribution in [3.8, 4) is 5.75 Å². The topological polar surface area (TPSA) is 44.2 Å². The molecule has 0 bridgehead atoms. The van der Waals surface area contributed by atoms with Crippen LogP contribution in [0.5, 0.6) is 5.75 Å². The maximum absolute atomic E-state index is 6.14. The van der Waals surface area contributed by atoms with Gasteiger partial charge in [-0.3, -0.25) is 0 Å². The van der Waals surface area contributed by atoms with Crippen LogP contribution in [0.1, 0.15) is 27.2 Å². The first-order valence-electron chi connectivity index (χ1n) is 7.02. The fourth-order valence-corrected chi connectivity index (χ4v) is 5.00. The first-order chi connectivity index (χ1) is 9.56. The molecule has 20 heavy (non-hydrogen) atoms. The zero-order valence-corrected chi connectivity index (χ0v) is 14.8. The van der Waals surface area contributed by atoms with E-state index in [1.165, 1.54) is 0 Å². The van der Waals surface area contributed by atoms with Gasteiger partial charge in [-0.2, -0.15) is 0 Å². The van der Waals surface area contributed by atoms with Crippen LogP contribution in [0.15, 0.2) is 6.07 Å². The molecule has 0 aliphatic rings. The Bertz CT molecular complexity index is 409. The summed E-state index contributed by atoms with van der Waals surface area (Å²) >= 11 is 11.6. The lowest BCUT2D eigenvalue weighted by molar-refractivity contribution is 0.238. The summed E-state index contributed by atoms with van der Waals surface area (Å²) in [4.78, 5) is 0. The second-order valence-corrected chi connectivity index (χ2v) is 10.1. The molecule has 1 heterocycles. The van der Waals surface area contributed by atoms with Crippen LogP contribution >= 0.6 is 23.2 Å². The van der Waals surface area contributed by atoms with Crippen molar-refractivity contribution in [2.45, 2.75) is 45.3 Å². The van der Waals surface area contributed by atoms with Gasteiger partial charge in [-0.15, -0.1) is 10.2 Å². The summed E-state index contributed by atoms with van der Waals surface area (Å²) in [5, 5.41) is 7.83. The molecule has 0 aliphatic carbocycles. The molecule has 0 radical (unpaired) electrons. The molecule has 0 saturated heterocycles. The Hall–Kier alpha value is -0.363. The first-order valence-corrected chi connectivity index (χ1v) is 10.3. The summed E-state index contributed by atoms with van der Waals surface area (Å²) in [6, 6.07) is 5.06. The number of halogens is 2. The van der Waals surface area contributed by atoms with Crippen LogP contribution in [-0.2, 0) is 4.43 Å². The van der Waals surface area contributed by atoms with Crippen molar-refractivity contribution in [3.05, 3.63) is 16.4 Å². The first kappa shape index (κ1) is 17.7. The van der Waals surface area contributed by atoms with E-state index in [1.807, 2.05) is 0 Å². The van der Waals surface area contributed by atoms with Gasteiger partial charge in [0.1, 0.15) is 0 Å². The predicted molar refractivity (Wildman–Crippen MR) is 85.3 cm³/mol. The molecular formula is C13H22Cl2N2O2Si. The van der Waals surface area contributed by atoms with Crippen molar-refractivity contribution in [1.29, 1.82) is 0 Å². The van der Waals surface area contributed by atoms with Crippen LogP contribution in [0.3, 0.4) is 0 Å². The lowest BCUT2D eigenvalue weighted by atomic mass is 10.5. The Morgan fingerprint density at radius 1 is 1.05 bits per heavy atom. The second kappa shape index (κ2) is 8.82. The van der Waals surface area contributed by atoms with E-state index in [9.17, 15) is 0 Å². The van der Waals surface area contributed by atoms with Crippen molar-refractivity contribution in [2.24, 2.45) is 0 Å². The molecule has 0 atom stereocenters. The molecule has 1 aromatic rings. The van der Waals surface area contributed by atoms with Gasteiger partial charge in [0.15, 0.2) is 24.4 Å². The Balaban J connectivity index is 2.33. The number of hydrogen-bond acceptors (Lipinski definition) is 4. The number of hydrogen-bond donors (Lipinski definition) is 0. The molecule has 4 nitrogen and oxygen atoms in total. The third-order valence-electron chi connectivity index (χ3n) is 3.57. The second-order valence-electron chi connectivity index (χ2n) is 4.62. The fraction of sp³-hybridized carbons (Fsp3) is 0.692. The molecule has 0 aromatic carbocycles. The van der Waals surface area contributed by atoms with E-state index in [1.54, 1.807) is 6.07 Å². The zero-order chi connectivity index (χ0) is 15.0. The van der Waals surface area contributed by atoms with E-state index in [-0.39, 0.29) is 10.3 Å². The normalized spacial score (nSPS) is 11.7. The molecule has 1 aromatic heterocycles. The van der Waals surface area contributed by atoms with Crippen molar-refractivity contribution < 1.29 is 9.16 Å². The van der Waals surface area contributed by atoms with Gasteiger partial charge in [-0.05, 0) is 18.1 Å². The van der Waals surface area contributed by atoms with E-state index in [0.29, 0.717) is 12.4 Å². The third kappa shape index (κ3) is 5.20. The average Bonchev–Trinajstić information content (AvgIpc) is 2.47. The van der Waals surface area contributed by atoms with Crippen molar-refractivity contribution in [2.75, 3.05) is 13.2 Å². The summed E-state index contributed by atoms with van der Waals surface area (Å²) in [5.74, 6) is 0.469. The Morgan fingerprint density at radius 2 is 1.70 bits per heavy atom. The summed E-state index contributed by atoms with van der Waals surface area (Å²) < 4.78 is 11.7. The van der Waals surface area contributed by atoms with Gasteiger partial charge in [0.05, 0.1) is 6.61 Å². The monoisotopic (exact) mass is 336 g/mol. The SMILES string of the molecule is CC[Si](CC)(CC)OCCCOc1cc(Cl)nnc1Cl. The van der Waals surface area contributed by atoms with Crippen LogP contribution in [0.4, 0.5) is 0 Å². The molecule has 114 valence electrons. The standard InChI is InChI=1S/C13H22Cl2N2O2Si/c1-4-20(5-2,6-3)19-9-7-8-18-11-10-12(14)16-17-13(11)15/h10H,4-9H2,1-3H3. The Labute approximate surface area is 131 Å². The van der Waals surface area contributed by atoms with Gasteiger partial charge in [0.2, 0.25) is 0 Å². The highest BCUT2D eigenvalue weighted by atomic mass is 35.5. The predicted octanol–water partition coefficient (Wildman–Crippen LogP) is 4.57. The van der Waals surface area contributed by atoms with E-state index < -0.39 is 8.32 Å². The number of rotatable bonds is 9. The summed E-state index contributed by atoms with van der Waals surface area (Å²) in [6.45, 7) is 7.93. The fourth-order valence-electron chi connectivity index (χ4n) is 2.02. The van der Waals surface area contributed by atoms with E-state index >= 15 is 0 Å². The average molecular weight is 337 g/mol. The van der Waals surface area contributed by atoms with Gasteiger partial charge in [0, 0.05) is 19.1 Å². The van der Waals surface area contributed by atoms with E-state index in [4.69, 9.17) is 32.4 Å². The van der Waals surface area contributed by atoms with Crippen LogP contribution < -0.4 is 4.74 Å². The molecule has 0 unspecified atom stereocenters. The molecule has 0 spiro atoms. The van der Waals surface area contributed by atoms with Crippen molar-refractivity contribution >= 4 is 31.5 Å². The van der Waals surface area contributed by atoms with Gasteiger partial charge < -0.3 is 9.16 Å². The third-order valence-corrected chi connectivity index (χ3v) is 8.70. The van der Waals surface area contributed by atoms with Crippen LogP contribution in [0.2, 0.25) is 28.4 Å². The van der Waals surface area contributed by atoms with Crippen LogP contribution in [0, 0.1) is 0 Å². The maximum Gasteiger partial charge on any atom is 0.193 e. The van der Waals surface area contributed by atoms with Gasteiger partial charge in [-0.1, -0.05) is 44.0 Å². The minimum Gasteiger partial charge on any atom is -0.490 e. The quantitative estimate of drug-likeness (QED) is 0.489. The molecule has 1 rings (SSSR count). The zero-order valence-electron chi connectivity index (χ0n) is 12.3. The van der Waals surface area contributed by atoms with Crippen molar-refractivity contribution in [1.82, 2.24) is 10.2 Å². The molecule has 0 aliphatic heterocycles. The van der Waals surface area contributed by atoms with E-state index in [0.717, 1.165) is 31.2 Å². The number of aromatic nitrogens is 2. The maximum atomic E-state index is 6.14. The molecule has 7 heteroatoms.